The normalized spacial score (nSPS) is 11.4. The highest BCUT2D eigenvalue weighted by molar-refractivity contribution is 6.17. The lowest BCUT2D eigenvalue weighted by atomic mass is 10.00. The van der Waals surface area contributed by atoms with Gasteiger partial charge >= 0.3 is 0 Å². The van der Waals surface area contributed by atoms with Gasteiger partial charge in [0.1, 0.15) is 0 Å². The number of benzene rings is 3. The summed E-state index contributed by atoms with van der Waals surface area (Å²) in [7, 11) is 0. The lowest BCUT2D eigenvalue weighted by molar-refractivity contribution is 0.0992. The number of hydrogen-bond acceptors (Lipinski definition) is 2. The molecular weight excluding hydrogens is 362 g/mol. The van der Waals surface area contributed by atoms with Crippen LogP contribution < -0.4 is 11.5 Å². The van der Waals surface area contributed by atoms with Crippen LogP contribution in [-0.4, -0.2) is 16.4 Å². The van der Waals surface area contributed by atoms with E-state index in [-0.39, 0.29) is 0 Å². The topological polar surface area (TPSA) is 91.1 Å². The van der Waals surface area contributed by atoms with E-state index in [1.165, 1.54) is 0 Å². The molecule has 0 aliphatic carbocycles. The molecule has 0 aliphatic heterocycles. The Hall–Kier alpha value is -3.60. The minimum absolute atomic E-state index is 0.329. The van der Waals surface area contributed by atoms with Crippen molar-refractivity contribution in [2.45, 2.75) is 26.3 Å². The molecule has 0 saturated carbocycles. The molecule has 5 nitrogen and oxygen atoms in total. The third-order valence-corrected chi connectivity index (χ3v) is 5.36. The Kier molecular flexibility index (Phi) is 4.59. The SMILES string of the molecule is CC(C)c1c[c]c2c3c(C(N)=O)cccc3n(Cc3ccccc3C(N)=O)c2c1. The van der Waals surface area contributed by atoms with Crippen LogP contribution in [0.1, 0.15) is 51.6 Å². The molecular formula is C24H22N3O2. The van der Waals surface area contributed by atoms with Gasteiger partial charge in [-0.3, -0.25) is 9.59 Å². The first-order valence-corrected chi connectivity index (χ1v) is 9.52. The Balaban J connectivity index is 2.06. The van der Waals surface area contributed by atoms with E-state index in [0.29, 0.717) is 23.6 Å². The molecule has 1 heterocycles. The first-order chi connectivity index (χ1) is 13.9. The van der Waals surface area contributed by atoms with E-state index in [4.69, 9.17) is 11.5 Å². The zero-order valence-electron chi connectivity index (χ0n) is 16.4. The Morgan fingerprint density at radius 1 is 0.966 bits per heavy atom. The summed E-state index contributed by atoms with van der Waals surface area (Å²) < 4.78 is 2.10. The summed E-state index contributed by atoms with van der Waals surface area (Å²) in [6, 6.07) is 20.3. The van der Waals surface area contributed by atoms with Gasteiger partial charge in [-0.25, -0.2) is 0 Å². The first-order valence-electron chi connectivity index (χ1n) is 9.52. The maximum atomic E-state index is 12.1. The predicted molar refractivity (Wildman–Crippen MR) is 115 cm³/mol. The van der Waals surface area contributed by atoms with Gasteiger partial charge in [-0.15, -0.1) is 0 Å². The number of aromatic nitrogens is 1. The molecule has 0 unspecified atom stereocenters. The van der Waals surface area contributed by atoms with Crippen molar-refractivity contribution in [2.24, 2.45) is 11.5 Å². The molecule has 0 aliphatic rings. The van der Waals surface area contributed by atoms with E-state index in [0.717, 1.165) is 32.9 Å². The zero-order valence-corrected chi connectivity index (χ0v) is 16.4. The fourth-order valence-corrected chi connectivity index (χ4v) is 3.85. The number of nitrogens with zero attached hydrogens (tertiary/aromatic N) is 1. The number of nitrogens with two attached hydrogens (primary N) is 2. The number of amides is 2. The molecule has 0 fully saturated rings. The third kappa shape index (κ3) is 3.14. The summed E-state index contributed by atoms with van der Waals surface area (Å²) in [4.78, 5) is 24.0. The summed E-state index contributed by atoms with van der Waals surface area (Å²) in [6.07, 6.45) is 0. The Bertz CT molecular complexity index is 1270. The maximum absolute atomic E-state index is 12.1. The minimum atomic E-state index is -0.478. The minimum Gasteiger partial charge on any atom is -0.366 e. The molecule has 0 atom stereocenters. The second kappa shape index (κ2) is 7.09. The smallest absolute Gasteiger partial charge is 0.249 e. The molecule has 3 aromatic carbocycles. The van der Waals surface area contributed by atoms with Crippen LogP contribution in [0.25, 0.3) is 21.8 Å². The van der Waals surface area contributed by atoms with Crippen LogP contribution in [0.2, 0.25) is 0 Å². The highest BCUT2D eigenvalue weighted by Gasteiger charge is 2.18. The van der Waals surface area contributed by atoms with E-state index in [9.17, 15) is 9.59 Å². The van der Waals surface area contributed by atoms with Crippen LogP contribution in [0.15, 0.2) is 54.6 Å². The Labute approximate surface area is 168 Å². The number of carbonyl (C=O) groups excluding carboxylic acids is 2. The van der Waals surface area contributed by atoms with Crippen molar-refractivity contribution in [3.8, 4) is 0 Å². The number of carbonyl (C=O) groups is 2. The van der Waals surface area contributed by atoms with Crippen LogP contribution in [0, 0.1) is 6.07 Å². The molecule has 29 heavy (non-hydrogen) atoms. The highest BCUT2D eigenvalue weighted by atomic mass is 16.1. The van der Waals surface area contributed by atoms with E-state index >= 15 is 0 Å². The van der Waals surface area contributed by atoms with Gasteiger partial charge in [0.05, 0.1) is 11.0 Å². The fourth-order valence-electron chi connectivity index (χ4n) is 3.85. The van der Waals surface area contributed by atoms with E-state index in [1.54, 1.807) is 18.2 Å². The van der Waals surface area contributed by atoms with Crippen LogP contribution >= 0.6 is 0 Å². The second-order valence-electron chi connectivity index (χ2n) is 7.52. The number of rotatable bonds is 5. The van der Waals surface area contributed by atoms with Crippen LogP contribution in [-0.2, 0) is 6.54 Å². The summed E-state index contributed by atoms with van der Waals surface area (Å²) in [5.41, 5.74) is 16.0. The largest absolute Gasteiger partial charge is 0.366 e. The molecule has 5 heteroatoms. The highest BCUT2D eigenvalue weighted by Crippen LogP contribution is 2.34. The van der Waals surface area contributed by atoms with Crippen molar-refractivity contribution in [1.29, 1.82) is 0 Å². The number of hydrogen-bond donors (Lipinski definition) is 2. The quantitative estimate of drug-likeness (QED) is 0.545. The first kappa shape index (κ1) is 18.7. The third-order valence-electron chi connectivity index (χ3n) is 5.36. The van der Waals surface area contributed by atoms with Crippen molar-refractivity contribution in [3.63, 3.8) is 0 Å². The van der Waals surface area contributed by atoms with Gasteiger partial charge in [0.25, 0.3) is 0 Å². The molecule has 4 N–H and O–H groups in total. The van der Waals surface area contributed by atoms with Gasteiger partial charge < -0.3 is 16.0 Å². The second-order valence-corrected chi connectivity index (χ2v) is 7.52. The molecule has 0 bridgehead atoms. The molecule has 0 saturated heterocycles. The van der Waals surface area contributed by atoms with Gasteiger partial charge in [-0.1, -0.05) is 44.2 Å². The molecule has 0 spiro atoms. The van der Waals surface area contributed by atoms with E-state index < -0.39 is 11.8 Å². The number of primary amides is 2. The average Bonchev–Trinajstić information content (AvgIpc) is 3.01. The monoisotopic (exact) mass is 384 g/mol. The van der Waals surface area contributed by atoms with Gasteiger partial charge in [0.15, 0.2) is 0 Å². The summed E-state index contributed by atoms with van der Waals surface area (Å²) in [6.45, 7) is 4.69. The fraction of sp³-hybridized carbons (Fsp3) is 0.167. The van der Waals surface area contributed by atoms with Crippen molar-refractivity contribution < 1.29 is 9.59 Å². The molecule has 2 amide bonds. The lowest BCUT2D eigenvalue weighted by Gasteiger charge is -2.12. The molecule has 1 aromatic heterocycles. The standard InChI is InChI=1S/C24H22N3O2/c1-14(2)15-10-11-18-21(12-15)27(13-16-6-3-4-7-17(16)23(25)28)20-9-5-8-19(22(18)20)24(26)29/h3-10,12,14H,13H2,1-2H3,(H2,25,28)(H2,26,29). The van der Waals surface area contributed by atoms with Gasteiger partial charge in [-0.05, 0) is 47.4 Å². The van der Waals surface area contributed by atoms with Crippen molar-refractivity contribution in [3.05, 3.63) is 82.9 Å². The van der Waals surface area contributed by atoms with Crippen molar-refractivity contribution in [1.82, 2.24) is 4.57 Å². The summed E-state index contributed by atoms with van der Waals surface area (Å²) >= 11 is 0. The van der Waals surface area contributed by atoms with E-state index in [1.807, 2.05) is 30.3 Å². The van der Waals surface area contributed by atoms with Crippen LogP contribution in [0.3, 0.4) is 0 Å². The Morgan fingerprint density at radius 2 is 1.66 bits per heavy atom. The zero-order chi connectivity index (χ0) is 20.7. The van der Waals surface area contributed by atoms with Gasteiger partial charge in [0.2, 0.25) is 11.8 Å². The summed E-state index contributed by atoms with van der Waals surface area (Å²) in [5.74, 6) is -0.613. The van der Waals surface area contributed by atoms with E-state index in [2.05, 4.69) is 30.5 Å². The lowest BCUT2D eigenvalue weighted by Crippen LogP contribution is -2.15. The van der Waals surface area contributed by atoms with Crippen molar-refractivity contribution >= 4 is 33.6 Å². The average molecular weight is 384 g/mol. The summed E-state index contributed by atoms with van der Waals surface area (Å²) in [5, 5.41) is 1.62. The molecule has 145 valence electrons. The van der Waals surface area contributed by atoms with Crippen molar-refractivity contribution in [2.75, 3.05) is 0 Å². The Morgan fingerprint density at radius 3 is 2.34 bits per heavy atom. The molecule has 1 radical (unpaired) electrons. The predicted octanol–water partition coefficient (Wildman–Crippen LogP) is 3.96. The van der Waals surface area contributed by atoms with Gasteiger partial charge in [-0.2, -0.15) is 0 Å². The van der Waals surface area contributed by atoms with Gasteiger partial charge in [0, 0.05) is 28.4 Å². The number of fused-ring (bicyclic) bond motifs is 3. The van der Waals surface area contributed by atoms with Crippen LogP contribution in [0.5, 0.6) is 0 Å². The van der Waals surface area contributed by atoms with Crippen LogP contribution in [0.4, 0.5) is 0 Å². The maximum Gasteiger partial charge on any atom is 0.249 e. The molecule has 4 rings (SSSR count). The molecule has 4 aromatic rings.